The highest BCUT2D eigenvalue weighted by molar-refractivity contribution is 5.83. The average molecular weight is 170 g/mol. The van der Waals surface area contributed by atoms with E-state index in [9.17, 15) is 0 Å². The molecule has 0 spiro atoms. The molecule has 0 aliphatic rings. The molecule has 2 aromatic carbocycles. The van der Waals surface area contributed by atoms with Gasteiger partial charge >= 0.3 is 0 Å². The molecule has 0 fully saturated rings. The Morgan fingerprint density at radius 2 is 1.69 bits per heavy atom. The standard InChI is InChI=1S/C12H12N/c1-9(13)11-7-6-10-4-2-3-5-12(10)8-11/h2-9H,1,13H2. The first-order chi connectivity index (χ1) is 6.27. The third-order valence-electron chi connectivity index (χ3n) is 2.20. The second-order valence-electron chi connectivity index (χ2n) is 3.21. The van der Waals surface area contributed by atoms with Crippen LogP contribution in [-0.4, -0.2) is 0 Å². The highest BCUT2D eigenvalue weighted by Crippen LogP contribution is 2.18. The van der Waals surface area contributed by atoms with Crippen molar-refractivity contribution >= 4 is 10.8 Å². The third-order valence-corrected chi connectivity index (χ3v) is 2.20. The van der Waals surface area contributed by atoms with Crippen LogP contribution in [0, 0.1) is 6.92 Å². The molecular formula is C12H12N. The van der Waals surface area contributed by atoms with Crippen molar-refractivity contribution in [3.05, 3.63) is 55.0 Å². The second-order valence-corrected chi connectivity index (χ2v) is 3.21. The molecule has 2 rings (SSSR count). The Bertz CT molecular complexity index is 418. The van der Waals surface area contributed by atoms with E-state index < -0.39 is 0 Å². The summed E-state index contributed by atoms with van der Waals surface area (Å²) < 4.78 is 0. The summed E-state index contributed by atoms with van der Waals surface area (Å²) in [7, 11) is 0. The molecule has 1 radical (unpaired) electrons. The fourth-order valence-electron chi connectivity index (χ4n) is 1.44. The zero-order chi connectivity index (χ0) is 9.26. The van der Waals surface area contributed by atoms with Crippen LogP contribution in [0.4, 0.5) is 0 Å². The van der Waals surface area contributed by atoms with Gasteiger partial charge in [-0.2, -0.15) is 0 Å². The lowest BCUT2D eigenvalue weighted by molar-refractivity contribution is 0.910. The summed E-state index contributed by atoms with van der Waals surface area (Å²) in [5, 5.41) is 2.46. The number of fused-ring (bicyclic) bond motifs is 1. The minimum atomic E-state index is -0.135. The number of benzene rings is 2. The van der Waals surface area contributed by atoms with Gasteiger partial charge in [-0.15, -0.1) is 0 Å². The van der Waals surface area contributed by atoms with Crippen molar-refractivity contribution in [2.75, 3.05) is 0 Å². The van der Waals surface area contributed by atoms with Crippen LogP contribution in [0.5, 0.6) is 0 Å². The van der Waals surface area contributed by atoms with Crippen molar-refractivity contribution in [3.63, 3.8) is 0 Å². The quantitative estimate of drug-likeness (QED) is 0.699. The number of rotatable bonds is 1. The summed E-state index contributed by atoms with van der Waals surface area (Å²) in [6, 6.07) is 14.3. The molecule has 0 bridgehead atoms. The van der Waals surface area contributed by atoms with Gasteiger partial charge < -0.3 is 5.73 Å². The molecule has 2 N–H and O–H groups in total. The summed E-state index contributed by atoms with van der Waals surface area (Å²) in [4.78, 5) is 0. The van der Waals surface area contributed by atoms with Crippen LogP contribution in [0.2, 0.25) is 0 Å². The lowest BCUT2D eigenvalue weighted by Gasteiger charge is -2.06. The smallest absolute Gasteiger partial charge is 0.0295 e. The number of hydrogen-bond donors (Lipinski definition) is 1. The first kappa shape index (κ1) is 8.27. The van der Waals surface area contributed by atoms with Gasteiger partial charge in [-0.3, -0.25) is 0 Å². The van der Waals surface area contributed by atoms with Gasteiger partial charge in [0.15, 0.2) is 0 Å². The van der Waals surface area contributed by atoms with E-state index in [1.165, 1.54) is 10.8 Å². The van der Waals surface area contributed by atoms with E-state index in [1.54, 1.807) is 0 Å². The molecule has 2 aromatic rings. The minimum absolute atomic E-state index is 0.135. The van der Waals surface area contributed by atoms with Crippen molar-refractivity contribution in [2.24, 2.45) is 5.73 Å². The Balaban J connectivity index is 2.62. The molecule has 1 atom stereocenters. The summed E-state index contributed by atoms with van der Waals surface area (Å²) >= 11 is 0. The predicted molar refractivity (Wildman–Crippen MR) is 56.2 cm³/mol. The Hall–Kier alpha value is -1.34. The summed E-state index contributed by atoms with van der Waals surface area (Å²) in [5.74, 6) is 0. The van der Waals surface area contributed by atoms with E-state index in [4.69, 9.17) is 5.73 Å². The SMILES string of the molecule is [CH2]C(N)c1ccc2ccccc2c1. The van der Waals surface area contributed by atoms with Crippen LogP contribution >= 0.6 is 0 Å². The van der Waals surface area contributed by atoms with Gasteiger partial charge in [-0.05, 0) is 29.3 Å². The molecule has 0 amide bonds. The zero-order valence-corrected chi connectivity index (χ0v) is 7.40. The topological polar surface area (TPSA) is 26.0 Å². The highest BCUT2D eigenvalue weighted by atomic mass is 14.6. The highest BCUT2D eigenvalue weighted by Gasteiger charge is 1.99. The van der Waals surface area contributed by atoms with Gasteiger partial charge in [-0.25, -0.2) is 0 Å². The molecule has 1 heteroatoms. The van der Waals surface area contributed by atoms with Crippen molar-refractivity contribution in [1.29, 1.82) is 0 Å². The first-order valence-corrected chi connectivity index (χ1v) is 4.35. The van der Waals surface area contributed by atoms with Crippen LogP contribution in [0.1, 0.15) is 11.6 Å². The predicted octanol–water partition coefficient (Wildman–Crippen LogP) is 2.67. The molecule has 65 valence electrons. The van der Waals surface area contributed by atoms with E-state index >= 15 is 0 Å². The summed E-state index contributed by atoms with van der Waals surface area (Å²) in [6.07, 6.45) is 0. The van der Waals surface area contributed by atoms with Gasteiger partial charge in [-0.1, -0.05) is 36.4 Å². The molecule has 0 saturated heterocycles. The number of nitrogens with two attached hydrogens (primary N) is 1. The molecular weight excluding hydrogens is 158 g/mol. The van der Waals surface area contributed by atoms with E-state index in [0.29, 0.717) is 0 Å². The summed E-state index contributed by atoms with van der Waals surface area (Å²) in [6.45, 7) is 3.79. The zero-order valence-electron chi connectivity index (χ0n) is 7.40. The molecule has 0 heterocycles. The maximum Gasteiger partial charge on any atom is 0.0295 e. The summed E-state index contributed by atoms with van der Waals surface area (Å²) in [5.41, 5.74) is 6.78. The molecule has 13 heavy (non-hydrogen) atoms. The fourth-order valence-corrected chi connectivity index (χ4v) is 1.44. The van der Waals surface area contributed by atoms with Crippen LogP contribution in [-0.2, 0) is 0 Å². The van der Waals surface area contributed by atoms with Crippen molar-refractivity contribution in [2.45, 2.75) is 6.04 Å². The van der Waals surface area contributed by atoms with Gasteiger partial charge in [0.25, 0.3) is 0 Å². The minimum Gasteiger partial charge on any atom is -0.324 e. The van der Waals surface area contributed by atoms with Crippen molar-refractivity contribution < 1.29 is 0 Å². The Morgan fingerprint density at radius 1 is 1.00 bits per heavy atom. The first-order valence-electron chi connectivity index (χ1n) is 4.35. The van der Waals surface area contributed by atoms with Crippen molar-refractivity contribution in [3.8, 4) is 0 Å². The third kappa shape index (κ3) is 1.56. The Kier molecular flexibility index (Phi) is 2.03. The normalized spacial score (nSPS) is 13.1. The van der Waals surface area contributed by atoms with Gasteiger partial charge in [0.05, 0.1) is 0 Å². The largest absolute Gasteiger partial charge is 0.324 e. The van der Waals surface area contributed by atoms with Crippen LogP contribution < -0.4 is 5.73 Å². The van der Waals surface area contributed by atoms with E-state index in [-0.39, 0.29) is 6.04 Å². The second kappa shape index (κ2) is 3.19. The molecule has 0 aromatic heterocycles. The molecule has 1 unspecified atom stereocenters. The number of hydrogen-bond acceptors (Lipinski definition) is 1. The maximum atomic E-state index is 5.69. The van der Waals surface area contributed by atoms with E-state index in [2.05, 4.69) is 31.2 Å². The van der Waals surface area contributed by atoms with Crippen LogP contribution in [0.25, 0.3) is 10.8 Å². The van der Waals surface area contributed by atoms with E-state index in [1.807, 2.05) is 18.2 Å². The molecule has 0 saturated carbocycles. The van der Waals surface area contributed by atoms with Crippen LogP contribution in [0.3, 0.4) is 0 Å². The van der Waals surface area contributed by atoms with Gasteiger partial charge in [0.1, 0.15) is 0 Å². The fraction of sp³-hybridized carbons (Fsp3) is 0.0833. The Labute approximate surface area is 78.2 Å². The van der Waals surface area contributed by atoms with E-state index in [0.717, 1.165) is 5.56 Å². The maximum absolute atomic E-state index is 5.69. The Morgan fingerprint density at radius 3 is 2.38 bits per heavy atom. The molecule has 0 aliphatic carbocycles. The van der Waals surface area contributed by atoms with Gasteiger partial charge in [0.2, 0.25) is 0 Å². The lowest BCUT2D eigenvalue weighted by Crippen LogP contribution is -2.04. The lowest BCUT2D eigenvalue weighted by atomic mass is 10.0. The van der Waals surface area contributed by atoms with Crippen molar-refractivity contribution in [1.82, 2.24) is 0 Å². The molecule has 0 aliphatic heterocycles. The van der Waals surface area contributed by atoms with Gasteiger partial charge in [0, 0.05) is 6.04 Å². The molecule has 1 nitrogen and oxygen atoms in total. The van der Waals surface area contributed by atoms with Crippen LogP contribution in [0.15, 0.2) is 42.5 Å². The average Bonchev–Trinajstić information content (AvgIpc) is 2.17. The monoisotopic (exact) mass is 170 g/mol.